The molecule has 2 rings (SSSR count). The number of allylic oxidation sites excluding steroid dienone is 2. The molecule has 0 unspecified atom stereocenters. The van der Waals surface area contributed by atoms with Crippen molar-refractivity contribution in [2.75, 3.05) is 6.61 Å². The van der Waals surface area contributed by atoms with E-state index in [0.717, 1.165) is 19.3 Å². The molecule has 0 bridgehead atoms. The summed E-state index contributed by atoms with van der Waals surface area (Å²) in [5, 5.41) is 0. The first-order valence-corrected chi connectivity index (χ1v) is 6.22. The van der Waals surface area contributed by atoms with Crippen LogP contribution in [-0.4, -0.2) is 12.6 Å². The Morgan fingerprint density at radius 2 is 2.12 bits per heavy atom. The summed E-state index contributed by atoms with van der Waals surface area (Å²) in [6.07, 6.45) is 4.86. The second-order valence-electron chi connectivity index (χ2n) is 4.32. The fourth-order valence-electron chi connectivity index (χ4n) is 2.22. The molecule has 1 aliphatic carbocycles. The molecule has 0 saturated heterocycles. The minimum Gasteiger partial charge on any atom is -0.466 e. The first-order chi connectivity index (χ1) is 8.31. The molecule has 0 amide bonds. The molecule has 1 aliphatic rings. The fourth-order valence-corrected chi connectivity index (χ4v) is 2.22. The highest BCUT2D eigenvalue weighted by atomic mass is 16.5. The Morgan fingerprint density at radius 3 is 2.71 bits per heavy atom. The van der Waals surface area contributed by atoms with Gasteiger partial charge < -0.3 is 4.74 Å². The summed E-state index contributed by atoms with van der Waals surface area (Å²) in [6.45, 7) is 2.33. The van der Waals surface area contributed by atoms with Crippen molar-refractivity contribution in [3.8, 4) is 0 Å². The third kappa shape index (κ3) is 2.96. The zero-order valence-electron chi connectivity index (χ0n) is 10.2. The predicted molar refractivity (Wildman–Crippen MR) is 68.4 cm³/mol. The molecule has 2 heteroatoms. The third-order valence-corrected chi connectivity index (χ3v) is 3.18. The van der Waals surface area contributed by atoms with Gasteiger partial charge in [-0.3, -0.25) is 4.79 Å². The molecule has 0 fully saturated rings. The molecule has 0 saturated carbocycles. The maximum Gasteiger partial charge on any atom is 0.309 e. The highest BCUT2D eigenvalue weighted by molar-refractivity contribution is 5.75. The summed E-state index contributed by atoms with van der Waals surface area (Å²) in [5.41, 5.74) is 2.63. The number of benzene rings is 1. The van der Waals surface area contributed by atoms with Crippen molar-refractivity contribution >= 4 is 11.5 Å². The highest BCUT2D eigenvalue weighted by Crippen LogP contribution is 2.30. The lowest BCUT2D eigenvalue weighted by Gasteiger charge is -2.20. The average molecular weight is 230 g/mol. The zero-order chi connectivity index (χ0) is 12.1. The first kappa shape index (κ1) is 11.9. The van der Waals surface area contributed by atoms with Gasteiger partial charge in [0.25, 0.3) is 0 Å². The second kappa shape index (κ2) is 5.67. The average Bonchev–Trinajstić information content (AvgIpc) is 2.40. The molecular weight excluding hydrogens is 212 g/mol. The molecule has 0 aliphatic heterocycles. The van der Waals surface area contributed by atoms with Crippen LogP contribution in [0.25, 0.3) is 5.57 Å². The normalized spacial score (nSPS) is 19.6. The van der Waals surface area contributed by atoms with Gasteiger partial charge in [0, 0.05) is 0 Å². The summed E-state index contributed by atoms with van der Waals surface area (Å²) in [4.78, 5) is 11.6. The number of carbonyl (C=O) groups excluding carboxylic acids is 1. The Hall–Kier alpha value is -1.57. The number of ether oxygens (including phenoxy) is 1. The number of carbonyl (C=O) groups is 1. The monoisotopic (exact) mass is 230 g/mol. The van der Waals surface area contributed by atoms with Crippen LogP contribution in [0.15, 0.2) is 36.4 Å². The van der Waals surface area contributed by atoms with Crippen LogP contribution in [0.1, 0.15) is 31.7 Å². The minimum absolute atomic E-state index is 0.0455. The summed E-state index contributed by atoms with van der Waals surface area (Å²) in [5.74, 6) is 0.0123. The number of rotatable bonds is 3. The van der Waals surface area contributed by atoms with E-state index in [1.54, 1.807) is 0 Å². The van der Waals surface area contributed by atoms with Gasteiger partial charge in [-0.05, 0) is 37.3 Å². The number of hydrogen-bond donors (Lipinski definition) is 0. The molecule has 1 aromatic carbocycles. The van der Waals surface area contributed by atoms with Crippen LogP contribution in [-0.2, 0) is 9.53 Å². The lowest BCUT2D eigenvalue weighted by atomic mass is 9.87. The van der Waals surface area contributed by atoms with Crippen molar-refractivity contribution in [1.29, 1.82) is 0 Å². The molecule has 0 aromatic heterocycles. The van der Waals surface area contributed by atoms with Crippen molar-refractivity contribution in [2.24, 2.45) is 5.92 Å². The highest BCUT2D eigenvalue weighted by Gasteiger charge is 2.22. The van der Waals surface area contributed by atoms with Gasteiger partial charge in [0.2, 0.25) is 0 Å². The van der Waals surface area contributed by atoms with Crippen LogP contribution in [0.2, 0.25) is 0 Å². The van der Waals surface area contributed by atoms with Gasteiger partial charge in [-0.25, -0.2) is 0 Å². The van der Waals surface area contributed by atoms with E-state index in [0.29, 0.717) is 6.61 Å². The van der Waals surface area contributed by atoms with E-state index in [1.165, 1.54) is 11.1 Å². The van der Waals surface area contributed by atoms with Crippen LogP contribution >= 0.6 is 0 Å². The van der Waals surface area contributed by atoms with E-state index >= 15 is 0 Å². The van der Waals surface area contributed by atoms with Crippen molar-refractivity contribution in [1.82, 2.24) is 0 Å². The van der Waals surface area contributed by atoms with Crippen LogP contribution in [0.5, 0.6) is 0 Å². The zero-order valence-corrected chi connectivity index (χ0v) is 10.2. The summed E-state index contributed by atoms with van der Waals surface area (Å²) < 4.78 is 5.05. The summed E-state index contributed by atoms with van der Waals surface area (Å²) >= 11 is 0. The quantitative estimate of drug-likeness (QED) is 0.743. The van der Waals surface area contributed by atoms with Crippen molar-refractivity contribution < 1.29 is 9.53 Å². The molecule has 0 spiro atoms. The molecular formula is C15H18O2. The van der Waals surface area contributed by atoms with Gasteiger partial charge in [0.15, 0.2) is 0 Å². The topological polar surface area (TPSA) is 26.3 Å². The maximum atomic E-state index is 11.6. The number of esters is 1. The molecule has 17 heavy (non-hydrogen) atoms. The van der Waals surface area contributed by atoms with E-state index in [4.69, 9.17) is 4.74 Å². The Balaban J connectivity index is 2.00. The lowest BCUT2D eigenvalue weighted by molar-refractivity contribution is -0.148. The molecule has 1 atom stereocenters. The standard InChI is InChI=1S/C15H18O2/c1-2-17-15(16)14-10-8-13(9-11-14)12-6-4-3-5-7-12/h3-8,14H,2,9-11H2,1H3/t14-/m1/s1. The summed E-state index contributed by atoms with van der Waals surface area (Å²) in [7, 11) is 0. The molecule has 90 valence electrons. The molecule has 0 N–H and O–H groups in total. The van der Waals surface area contributed by atoms with E-state index in [1.807, 2.05) is 25.1 Å². The smallest absolute Gasteiger partial charge is 0.309 e. The van der Waals surface area contributed by atoms with E-state index < -0.39 is 0 Å². The first-order valence-electron chi connectivity index (χ1n) is 6.22. The van der Waals surface area contributed by atoms with E-state index in [2.05, 4.69) is 18.2 Å². The predicted octanol–water partition coefficient (Wildman–Crippen LogP) is 3.43. The Bertz CT molecular complexity index is 406. The van der Waals surface area contributed by atoms with Gasteiger partial charge in [0.1, 0.15) is 0 Å². The van der Waals surface area contributed by atoms with Gasteiger partial charge in [-0.15, -0.1) is 0 Å². The van der Waals surface area contributed by atoms with Gasteiger partial charge >= 0.3 is 5.97 Å². The van der Waals surface area contributed by atoms with Crippen LogP contribution < -0.4 is 0 Å². The Morgan fingerprint density at radius 1 is 1.35 bits per heavy atom. The maximum absolute atomic E-state index is 11.6. The molecule has 0 radical (unpaired) electrons. The second-order valence-corrected chi connectivity index (χ2v) is 4.32. The molecule has 1 aromatic rings. The molecule has 2 nitrogen and oxygen atoms in total. The lowest BCUT2D eigenvalue weighted by Crippen LogP contribution is -2.19. The van der Waals surface area contributed by atoms with Crippen LogP contribution in [0.3, 0.4) is 0 Å². The summed E-state index contributed by atoms with van der Waals surface area (Å²) in [6, 6.07) is 10.4. The SMILES string of the molecule is CCOC(=O)[C@@H]1CC=C(c2ccccc2)CC1. The van der Waals surface area contributed by atoms with Crippen molar-refractivity contribution in [3.63, 3.8) is 0 Å². The Kier molecular flexibility index (Phi) is 3.97. The van der Waals surface area contributed by atoms with Crippen LogP contribution in [0, 0.1) is 5.92 Å². The van der Waals surface area contributed by atoms with Gasteiger partial charge in [0.05, 0.1) is 12.5 Å². The fraction of sp³-hybridized carbons (Fsp3) is 0.400. The van der Waals surface area contributed by atoms with Crippen molar-refractivity contribution in [2.45, 2.75) is 26.2 Å². The van der Waals surface area contributed by atoms with Gasteiger partial charge in [-0.2, -0.15) is 0 Å². The van der Waals surface area contributed by atoms with Crippen LogP contribution in [0.4, 0.5) is 0 Å². The molecule has 0 heterocycles. The van der Waals surface area contributed by atoms with E-state index in [9.17, 15) is 4.79 Å². The van der Waals surface area contributed by atoms with Crippen molar-refractivity contribution in [3.05, 3.63) is 42.0 Å². The third-order valence-electron chi connectivity index (χ3n) is 3.18. The Labute approximate surface area is 102 Å². The minimum atomic E-state index is -0.0455. The number of hydrogen-bond acceptors (Lipinski definition) is 2. The van der Waals surface area contributed by atoms with Gasteiger partial charge in [-0.1, -0.05) is 36.4 Å². The largest absolute Gasteiger partial charge is 0.466 e. The van der Waals surface area contributed by atoms with E-state index in [-0.39, 0.29) is 11.9 Å².